The number of hydrogen-bond acceptors (Lipinski definition) is 5. The molecule has 0 aliphatic rings. The number of carbonyl (C=O) groups excluding carboxylic acids is 1. The fraction of sp³-hybridized carbons (Fsp3) is 0.231. The fourth-order valence-electron chi connectivity index (χ4n) is 1.75. The Morgan fingerprint density at radius 2 is 2.20 bits per heavy atom. The van der Waals surface area contributed by atoms with Gasteiger partial charge in [0.25, 0.3) is 11.6 Å². The third kappa shape index (κ3) is 2.82. The summed E-state index contributed by atoms with van der Waals surface area (Å²) < 4.78 is 5.01. The minimum Gasteiger partial charge on any atom is -0.448 e. The maximum absolute atomic E-state index is 12.1. The molecule has 7 nitrogen and oxygen atoms in total. The molecule has 0 saturated carbocycles. The molecule has 0 bridgehead atoms. The molecule has 1 N–H and O–H groups in total. The standard InChI is InChI=1S/C13H13N3O4/c1-8-3-4-12(16(18)19)10(5-8)13(17)14-6-11-9(2)20-7-15-11/h3-5,7H,6H2,1-2H3,(H,14,17). The van der Waals surface area contributed by atoms with Crippen LogP contribution >= 0.6 is 0 Å². The van der Waals surface area contributed by atoms with Gasteiger partial charge in [0.15, 0.2) is 6.39 Å². The van der Waals surface area contributed by atoms with E-state index >= 15 is 0 Å². The van der Waals surface area contributed by atoms with E-state index in [1.807, 2.05) is 0 Å². The molecule has 1 amide bonds. The number of nitrogens with zero attached hydrogens (tertiary/aromatic N) is 2. The van der Waals surface area contributed by atoms with E-state index in [0.717, 1.165) is 5.56 Å². The van der Waals surface area contributed by atoms with Gasteiger partial charge < -0.3 is 9.73 Å². The van der Waals surface area contributed by atoms with E-state index in [0.29, 0.717) is 11.5 Å². The summed E-state index contributed by atoms with van der Waals surface area (Å²) in [7, 11) is 0. The number of amides is 1. The molecule has 0 radical (unpaired) electrons. The van der Waals surface area contributed by atoms with Crippen molar-refractivity contribution in [2.45, 2.75) is 20.4 Å². The van der Waals surface area contributed by atoms with Gasteiger partial charge in [-0.1, -0.05) is 6.07 Å². The van der Waals surface area contributed by atoms with Crippen molar-refractivity contribution in [1.29, 1.82) is 0 Å². The number of hydrogen-bond donors (Lipinski definition) is 1. The van der Waals surface area contributed by atoms with Crippen molar-refractivity contribution in [3.05, 3.63) is 57.3 Å². The van der Waals surface area contributed by atoms with Crippen LogP contribution < -0.4 is 5.32 Å². The number of carbonyl (C=O) groups is 1. The van der Waals surface area contributed by atoms with Crippen molar-refractivity contribution in [3.63, 3.8) is 0 Å². The Hall–Kier alpha value is -2.70. The van der Waals surface area contributed by atoms with E-state index in [-0.39, 0.29) is 17.8 Å². The van der Waals surface area contributed by atoms with Gasteiger partial charge in [-0.15, -0.1) is 0 Å². The molecule has 0 saturated heterocycles. The lowest BCUT2D eigenvalue weighted by Gasteiger charge is -2.05. The zero-order valence-electron chi connectivity index (χ0n) is 11.0. The first-order valence-electron chi connectivity index (χ1n) is 5.91. The van der Waals surface area contributed by atoms with Gasteiger partial charge in [0, 0.05) is 6.07 Å². The van der Waals surface area contributed by atoms with Crippen molar-refractivity contribution < 1.29 is 14.1 Å². The van der Waals surface area contributed by atoms with Gasteiger partial charge in [0.05, 0.1) is 11.5 Å². The summed E-state index contributed by atoms with van der Waals surface area (Å²) in [6.07, 6.45) is 1.28. The molecule has 0 fully saturated rings. The predicted octanol–water partition coefficient (Wildman–Crippen LogP) is 2.13. The monoisotopic (exact) mass is 275 g/mol. The second-order valence-corrected chi connectivity index (χ2v) is 4.32. The van der Waals surface area contributed by atoms with Crippen LogP contribution in [-0.4, -0.2) is 15.8 Å². The fourth-order valence-corrected chi connectivity index (χ4v) is 1.75. The molecular formula is C13H13N3O4. The lowest BCUT2D eigenvalue weighted by atomic mass is 10.1. The average molecular weight is 275 g/mol. The Morgan fingerprint density at radius 1 is 1.45 bits per heavy atom. The number of benzene rings is 1. The summed E-state index contributed by atoms with van der Waals surface area (Å²) in [5, 5.41) is 13.5. The minimum absolute atomic E-state index is 0.0381. The maximum atomic E-state index is 12.1. The van der Waals surface area contributed by atoms with Crippen LogP contribution in [0.3, 0.4) is 0 Å². The van der Waals surface area contributed by atoms with Gasteiger partial charge in [-0.3, -0.25) is 14.9 Å². The number of nitro groups is 1. The van der Waals surface area contributed by atoms with E-state index in [2.05, 4.69) is 10.3 Å². The van der Waals surface area contributed by atoms with Gasteiger partial charge in [-0.05, 0) is 25.5 Å². The number of nitrogens with one attached hydrogen (secondary N) is 1. The number of oxazole rings is 1. The predicted molar refractivity (Wildman–Crippen MR) is 70.2 cm³/mol. The van der Waals surface area contributed by atoms with Crippen LogP contribution in [0.5, 0.6) is 0 Å². The SMILES string of the molecule is Cc1ccc([N+](=O)[O-])c(C(=O)NCc2ncoc2C)c1. The lowest BCUT2D eigenvalue weighted by molar-refractivity contribution is -0.385. The molecule has 0 aliphatic heterocycles. The molecular weight excluding hydrogens is 262 g/mol. The van der Waals surface area contributed by atoms with E-state index in [9.17, 15) is 14.9 Å². The van der Waals surface area contributed by atoms with Crippen molar-refractivity contribution in [1.82, 2.24) is 10.3 Å². The molecule has 1 heterocycles. The first-order chi connectivity index (χ1) is 9.49. The van der Waals surface area contributed by atoms with Crippen LogP contribution in [0.25, 0.3) is 0 Å². The highest BCUT2D eigenvalue weighted by Crippen LogP contribution is 2.19. The molecule has 2 rings (SSSR count). The van der Waals surface area contributed by atoms with Gasteiger partial charge in [-0.25, -0.2) is 4.98 Å². The molecule has 0 aliphatic carbocycles. The average Bonchev–Trinajstić information content (AvgIpc) is 2.81. The summed E-state index contributed by atoms with van der Waals surface area (Å²) >= 11 is 0. The van der Waals surface area contributed by atoms with Crippen molar-refractivity contribution in [2.24, 2.45) is 0 Å². The number of rotatable bonds is 4. The highest BCUT2D eigenvalue weighted by atomic mass is 16.6. The Balaban J connectivity index is 2.19. The normalized spacial score (nSPS) is 10.3. The Morgan fingerprint density at radius 3 is 2.80 bits per heavy atom. The third-order valence-electron chi connectivity index (χ3n) is 2.85. The van der Waals surface area contributed by atoms with E-state index in [1.165, 1.54) is 18.5 Å². The van der Waals surface area contributed by atoms with Crippen molar-refractivity contribution in [3.8, 4) is 0 Å². The first kappa shape index (κ1) is 13.7. The summed E-state index contributed by atoms with van der Waals surface area (Å²) in [4.78, 5) is 26.3. The molecule has 1 aromatic heterocycles. The topological polar surface area (TPSA) is 98.3 Å². The molecule has 20 heavy (non-hydrogen) atoms. The van der Waals surface area contributed by atoms with Crippen LogP contribution in [-0.2, 0) is 6.54 Å². The zero-order chi connectivity index (χ0) is 14.7. The molecule has 0 unspecified atom stereocenters. The van der Waals surface area contributed by atoms with E-state index in [1.54, 1.807) is 19.9 Å². The van der Waals surface area contributed by atoms with Gasteiger partial charge in [-0.2, -0.15) is 0 Å². The summed E-state index contributed by atoms with van der Waals surface area (Å²) in [5.41, 5.74) is 1.19. The second-order valence-electron chi connectivity index (χ2n) is 4.32. The van der Waals surface area contributed by atoms with Crippen LogP contribution in [0, 0.1) is 24.0 Å². The third-order valence-corrected chi connectivity index (χ3v) is 2.85. The smallest absolute Gasteiger partial charge is 0.282 e. The first-order valence-corrected chi connectivity index (χ1v) is 5.91. The van der Waals surface area contributed by atoms with Crippen LogP contribution in [0.4, 0.5) is 5.69 Å². The summed E-state index contributed by atoms with van der Waals surface area (Å²) in [6, 6.07) is 4.41. The van der Waals surface area contributed by atoms with E-state index < -0.39 is 10.8 Å². The van der Waals surface area contributed by atoms with Crippen molar-refractivity contribution >= 4 is 11.6 Å². The maximum Gasteiger partial charge on any atom is 0.282 e. The quantitative estimate of drug-likeness (QED) is 0.680. The molecule has 104 valence electrons. The highest BCUT2D eigenvalue weighted by molar-refractivity contribution is 5.98. The summed E-state index contributed by atoms with van der Waals surface area (Å²) in [5.74, 6) is 0.0897. The number of nitro benzene ring substituents is 1. The zero-order valence-corrected chi connectivity index (χ0v) is 11.0. The Bertz CT molecular complexity index is 663. The second kappa shape index (κ2) is 5.52. The minimum atomic E-state index is -0.574. The Labute approximate surface area is 114 Å². The highest BCUT2D eigenvalue weighted by Gasteiger charge is 2.20. The molecule has 0 spiro atoms. The summed E-state index contributed by atoms with van der Waals surface area (Å²) in [6.45, 7) is 3.65. The number of aromatic nitrogens is 1. The van der Waals surface area contributed by atoms with Gasteiger partial charge >= 0.3 is 0 Å². The van der Waals surface area contributed by atoms with Gasteiger partial charge in [0.1, 0.15) is 17.0 Å². The molecule has 2 aromatic rings. The lowest BCUT2D eigenvalue weighted by Crippen LogP contribution is -2.24. The van der Waals surface area contributed by atoms with Crippen molar-refractivity contribution in [2.75, 3.05) is 0 Å². The van der Waals surface area contributed by atoms with Crippen LogP contribution in [0.2, 0.25) is 0 Å². The molecule has 7 heteroatoms. The largest absolute Gasteiger partial charge is 0.448 e. The Kier molecular flexibility index (Phi) is 3.79. The molecule has 1 aromatic carbocycles. The van der Waals surface area contributed by atoms with E-state index in [4.69, 9.17) is 4.42 Å². The number of aryl methyl sites for hydroxylation is 2. The molecule has 0 atom stereocenters. The van der Waals surface area contributed by atoms with Crippen LogP contribution in [0.15, 0.2) is 29.0 Å². The van der Waals surface area contributed by atoms with Gasteiger partial charge in [0.2, 0.25) is 0 Å². The van der Waals surface area contributed by atoms with Crippen LogP contribution in [0.1, 0.15) is 27.4 Å².